The minimum absolute atomic E-state index is 0.296. The Morgan fingerprint density at radius 2 is 1.06 bits per heavy atom. The summed E-state index contributed by atoms with van der Waals surface area (Å²) < 4.78 is 0. The van der Waals surface area contributed by atoms with Gasteiger partial charge in [0.25, 0.3) is 0 Å². The normalized spacial score (nSPS) is 14.1. The number of urea groups is 1. The van der Waals surface area contributed by atoms with Crippen molar-refractivity contribution in [3.8, 4) is 0 Å². The van der Waals surface area contributed by atoms with Crippen molar-refractivity contribution < 1.29 is 24.6 Å². The Labute approximate surface area is 106 Å². The van der Waals surface area contributed by atoms with Crippen LogP contribution in [0.2, 0.25) is 0 Å². The molecule has 0 radical (unpaired) electrons. The van der Waals surface area contributed by atoms with Crippen molar-refractivity contribution >= 4 is 18.0 Å². The van der Waals surface area contributed by atoms with E-state index in [1.165, 1.54) is 0 Å². The van der Waals surface area contributed by atoms with Gasteiger partial charge in [0.1, 0.15) is 12.1 Å². The standard InChI is InChI=1S/C11H20N2O5/c1-5(2)7(9(14)15)12-11(18)13-8(6(3)4)10(16)17/h5-8H,1-4H3,(H,14,15)(H,16,17)(H2,12,13,18). The lowest BCUT2D eigenvalue weighted by molar-refractivity contribution is -0.140. The number of hydrogen-bond acceptors (Lipinski definition) is 3. The zero-order valence-corrected chi connectivity index (χ0v) is 10.9. The molecule has 104 valence electrons. The number of hydrogen-bond donors (Lipinski definition) is 4. The fourth-order valence-corrected chi connectivity index (χ4v) is 1.35. The molecule has 7 heteroatoms. The van der Waals surface area contributed by atoms with Gasteiger partial charge in [-0.25, -0.2) is 14.4 Å². The summed E-state index contributed by atoms with van der Waals surface area (Å²) in [6.45, 7) is 6.60. The molecule has 0 aromatic carbocycles. The van der Waals surface area contributed by atoms with Crippen LogP contribution < -0.4 is 10.6 Å². The van der Waals surface area contributed by atoms with Crippen LogP contribution in [0.25, 0.3) is 0 Å². The second kappa shape index (κ2) is 6.83. The molecule has 0 bridgehead atoms. The molecule has 0 fully saturated rings. The number of aliphatic carboxylic acids is 2. The van der Waals surface area contributed by atoms with Crippen molar-refractivity contribution in [1.29, 1.82) is 0 Å². The van der Waals surface area contributed by atoms with Crippen LogP contribution in [-0.2, 0) is 9.59 Å². The summed E-state index contributed by atoms with van der Waals surface area (Å²) in [6.07, 6.45) is 0. The lowest BCUT2D eigenvalue weighted by atomic mass is 10.0. The average molecular weight is 260 g/mol. The molecule has 0 heterocycles. The first-order valence-electron chi connectivity index (χ1n) is 5.69. The van der Waals surface area contributed by atoms with Gasteiger partial charge in [0.05, 0.1) is 0 Å². The zero-order chi connectivity index (χ0) is 14.5. The summed E-state index contributed by atoms with van der Waals surface area (Å²) in [5.41, 5.74) is 0. The highest BCUT2D eigenvalue weighted by molar-refractivity contribution is 5.86. The van der Waals surface area contributed by atoms with Crippen LogP contribution in [0.3, 0.4) is 0 Å². The molecule has 18 heavy (non-hydrogen) atoms. The van der Waals surface area contributed by atoms with Crippen LogP contribution in [-0.4, -0.2) is 40.3 Å². The van der Waals surface area contributed by atoms with E-state index in [2.05, 4.69) is 10.6 Å². The van der Waals surface area contributed by atoms with E-state index in [-0.39, 0.29) is 11.8 Å². The van der Waals surface area contributed by atoms with Gasteiger partial charge in [-0.2, -0.15) is 0 Å². The van der Waals surface area contributed by atoms with Crippen molar-refractivity contribution in [3.05, 3.63) is 0 Å². The quantitative estimate of drug-likeness (QED) is 0.555. The van der Waals surface area contributed by atoms with Gasteiger partial charge in [-0.3, -0.25) is 0 Å². The third-order valence-electron chi connectivity index (χ3n) is 2.44. The molecule has 0 aliphatic rings. The molecule has 2 amide bonds. The number of carbonyl (C=O) groups is 3. The Kier molecular flexibility index (Phi) is 6.15. The molecule has 0 aromatic heterocycles. The topological polar surface area (TPSA) is 116 Å². The average Bonchev–Trinajstić information content (AvgIpc) is 2.20. The summed E-state index contributed by atoms with van der Waals surface area (Å²) in [6, 6.07) is -2.89. The van der Waals surface area contributed by atoms with Crippen LogP contribution in [0.15, 0.2) is 0 Å². The molecule has 0 saturated heterocycles. The fraction of sp³-hybridized carbons (Fsp3) is 0.727. The molecular weight excluding hydrogens is 240 g/mol. The third kappa shape index (κ3) is 5.03. The van der Waals surface area contributed by atoms with E-state index in [9.17, 15) is 14.4 Å². The highest BCUT2D eigenvalue weighted by atomic mass is 16.4. The Balaban J connectivity index is 4.57. The Bertz CT molecular complexity index is 297. The Morgan fingerprint density at radius 1 is 0.778 bits per heavy atom. The van der Waals surface area contributed by atoms with Crippen LogP contribution in [0.1, 0.15) is 27.7 Å². The second-order valence-electron chi connectivity index (χ2n) is 4.74. The monoisotopic (exact) mass is 260 g/mol. The molecule has 0 aromatic rings. The predicted octanol–water partition coefficient (Wildman–Crippen LogP) is 0.504. The summed E-state index contributed by atoms with van der Waals surface area (Å²) in [5, 5.41) is 22.3. The van der Waals surface area contributed by atoms with E-state index in [4.69, 9.17) is 10.2 Å². The highest BCUT2D eigenvalue weighted by Gasteiger charge is 2.27. The summed E-state index contributed by atoms with van der Waals surface area (Å²) in [5.74, 6) is -2.90. The molecule has 7 nitrogen and oxygen atoms in total. The summed E-state index contributed by atoms with van der Waals surface area (Å²) in [7, 11) is 0. The van der Waals surface area contributed by atoms with E-state index in [0.717, 1.165) is 0 Å². The van der Waals surface area contributed by atoms with Crippen molar-refractivity contribution in [2.24, 2.45) is 11.8 Å². The number of carbonyl (C=O) groups excluding carboxylic acids is 1. The third-order valence-corrected chi connectivity index (χ3v) is 2.44. The summed E-state index contributed by atoms with van der Waals surface area (Å²) in [4.78, 5) is 33.3. The number of rotatable bonds is 6. The van der Waals surface area contributed by atoms with Gasteiger partial charge in [0.15, 0.2) is 0 Å². The fourth-order valence-electron chi connectivity index (χ4n) is 1.35. The largest absolute Gasteiger partial charge is 0.480 e. The zero-order valence-electron chi connectivity index (χ0n) is 10.9. The molecule has 4 N–H and O–H groups in total. The van der Waals surface area contributed by atoms with Crippen LogP contribution in [0, 0.1) is 11.8 Å². The first-order valence-corrected chi connectivity index (χ1v) is 5.69. The van der Waals surface area contributed by atoms with Crippen molar-refractivity contribution in [2.45, 2.75) is 39.8 Å². The first-order chi connectivity index (χ1) is 8.16. The molecule has 2 atom stereocenters. The van der Waals surface area contributed by atoms with Crippen LogP contribution in [0.5, 0.6) is 0 Å². The number of carboxylic acid groups (broad SMARTS) is 2. The van der Waals surface area contributed by atoms with E-state index in [1.54, 1.807) is 27.7 Å². The maximum absolute atomic E-state index is 11.5. The number of nitrogens with one attached hydrogen (secondary N) is 2. The lowest BCUT2D eigenvalue weighted by Gasteiger charge is -2.22. The molecule has 0 saturated carbocycles. The molecule has 0 aliphatic carbocycles. The minimum atomic E-state index is -1.16. The molecule has 0 rings (SSSR count). The second-order valence-corrected chi connectivity index (χ2v) is 4.74. The SMILES string of the molecule is CC(C)C(NC(=O)NC(C(=O)O)C(C)C)C(=O)O. The minimum Gasteiger partial charge on any atom is -0.480 e. The molecular formula is C11H20N2O5. The van der Waals surface area contributed by atoms with Gasteiger partial charge in [-0.1, -0.05) is 27.7 Å². The van der Waals surface area contributed by atoms with Crippen LogP contribution >= 0.6 is 0 Å². The molecule has 0 spiro atoms. The van der Waals surface area contributed by atoms with Gasteiger partial charge < -0.3 is 20.8 Å². The van der Waals surface area contributed by atoms with Gasteiger partial charge in [0.2, 0.25) is 0 Å². The molecule has 0 aliphatic heterocycles. The first kappa shape index (κ1) is 16.2. The number of amides is 2. The molecule has 2 unspecified atom stereocenters. The van der Waals surface area contributed by atoms with Gasteiger partial charge in [0, 0.05) is 0 Å². The van der Waals surface area contributed by atoms with Crippen molar-refractivity contribution in [1.82, 2.24) is 10.6 Å². The van der Waals surface area contributed by atoms with Crippen LogP contribution in [0.4, 0.5) is 4.79 Å². The maximum atomic E-state index is 11.5. The smallest absolute Gasteiger partial charge is 0.326 e. The van der Waals surface area contributed by atoms with Gasteiger partial charge in [-0.05, 0) is 11.8 Å². The van der Waals surface area contributed by atoms with Gasteiger partial charge >= 0.3 is 18.0 Å². The maximum Gasteiger partial charge on any atom is 0.326 e. The van der Waals surface area contributed by atoms with E-state index >= 15 is 0 Å². The van der Waals surface area contributed by atoms with Crippen molar-refractivity contribution in [2.75, 3.05) is 0 Å². The van der Waals surface area contributed by atoms with E-state index in [1.807, 2.05) is 0 Å². The Hall–Kier alpha value is -1.79. The predicted molar refractivity (Wildman–Crippen MR) is 64.2 cm³/mol. The Morgan fingerprint density at radius 3 is 1.22 bits per heavy atom. The summed E-state index contributed by atoms with van der Waals surface area (Å²) >= 11 is 0. The number of carboxylic acids is 2. The van der Waals surface area contributed by atoms with Gasteiger partial charge in [-0.15, -0.1) is 0 Å². The van der Waals surface area contributed by atoms with E-state index in [0.29, 0.717) is 0 Å². The highest BCUT2D eigenvalue weighted by Crippen LogP contribution is 2.04. The van der Waals surface area contributed by atoms with E-state index < -0.39 is 30.1 Å². The van der Waals surface area contributed by atoms with Crippen molar-refractivity contribution in [3.63, 3.8) is 0 Å². The lowest BCUT2D eigenvalue weighted by Crippen LogP contribution is -2.53.